The number of hydrogen-bond acceptors (Lipinski definition) is 4. The molecule has 0 unspecified atom stereocenters. The molecule has 4 rings (SSSR count). The lowest BCUT2D eigenvalue weighted by Crippen LogP contribution is -2.15. The molecule has 2 aromatic carbocycles. The Kier molecular flexibility index (Phi) is 4.49. The first-order chi connectivity index (χ1) is 13.0. The second kappa shape index (κ2) is 6.96. The van der Waals surface area contributed by atoms with Crippen LogP contribution in [0.3, 0.4) is 0 Å². The van der Waals surface area contributed by atoms with Gasteiger partial charge in [0.25, 0.3) is 0 Å². The third-order valence-corrected chi connectivity index (χ3v) is 5.77. The van der Waals surface area contributed by atoms with Gasteiger partial charge in [-0.05, 0) is 38.1 Å². The van der Waals surface area contributed by atoms with Gasteiger partial charge < -0.3 is 5.32 Å². The van der Waals surface area contributed by atoms with Crippen molar-refractivity contribution in [1.82, 2.24) is 14.8 Å². The summed E-state index contributed by atoms with van der Waals surface area (Å²) >= 11 is 1.65. The lowest BCUT2D eigenvalue weighted by molar-refractivity contribution is -0.115. The molecule has 2 heterocycles. The fourth-order valence-electron chi connectivity index (χ4n) is 3.16. The van der Waals surface area contributed by atoms with E-state index in [1.54, 1.807) is 11.3 Å². The molecule has 0 aliphatic heterocycles. The van der Waals surface area contributed by atoms with Crippen LogP contribution in [-0.2, 0) is 18.3 Å². The van der Waals surface area contributed by atoms with Gasteiger partial charge in [-0.3, -0.25) is 9.48 Å². The minimum absolute atomic E-state index is 0.0457. The number of hydrogen-bond donors (Lipinski definition) is 1. The molecule has 0 atom stereocenters. The number of aryl methyl sites for hydroxylation is 2. The summed E-state index contributed by atoms with van der Waals surface area (Å²) in [4.78, 5) is 17.2. The molecule has 1 amide bonds. The van der Waals surface area contributed by atoms with E-state index < -0.39 is 0 Å². The highest BCUT2D eigenvalue weighted by molar-refractivity contribution is 7.21. The molecule has 0 spiro atoms. The number of benzene rings is 2. The maximum absolute atomic E-state index is 12.5. The van der Waals surface area contributed by atoms with Crippen molar-refractivity contribution < 1.29 is 4.79 Å². The van der Waals surface area contributed by atoms with E-state index in [1.807, 2.05) is 68.0 Å². The molecule has 0 aliphatic carbocycles. The Bertz CT molecular complexity index is 1110. The zero-order valence-corrected chi connectivity index (χ0v) is 16.3. The van der Waals surface area contributed by atoms with E-state index in [2.05, 4.69) is 16.5 Å². The predicted molar refractivity (Wildman–Crippen MR) is 110 cm³/mol. The SMILES string of the molecule is Cc1nn(C)c(C)c1CC(=O)Nc1cccc(-c2nc3ccccc3s2)c1. The molecule has 5 nitrogen and oxygen atoms in total. The van der Waals surface area contributed by atoms with Crippen molar-refractivity contribution in [2.24, 2.45) is 7.05 Å². The maximum atomic E-state index is 12.5. The molecule has 0 saturated carbocycles. The summed E-state index contributed by atoms with van der Waals surface area (Å²) in [5, 5.41) is 8.32. The molecule has 4 aromatic rings. The average molecular weight is 376 g/mol. The van der Waals surface area contributed by atoms with Gasteiger partial charge in [0.1, 0.15) is 5.01 Å². The Morgan fingerprint density at radius 3 is 2.70 bits per heavy atom. The fraction of sp³-hybridized carbons (Fsp3) is 0.190. The van der Waals surface area contributed by atoms with Crippen LogP contribution in [0, 0.1) is 13.8 Å². The minimum atomic E-state index is -0.0457. The largest absolute Gasteiger partial charge is 0.326 e. The van der Waals surface area contributed by atoms with Crippen molar-refractivity contribution >= 4 is 33.1 Å². The summed E-state index contributed by atoms with van der Waals surface area (Å²) in [5.41, 5.74) is 5.67. The normalized spacial score (nSPS) is 11.1. The van der Waals surface area contributed by atoms with Gasteiger partial charge in [0.15, 0.2) is 0 Å². The van der Waals surface area contributed by atoms with Gasteiger partial charge in [0.2, 0.25) is 5.91 Å². The van der Waals surface area contributed by atoms with Crippen LogP contribution in [0.2, 0.25) is 0 Å². The van der Waals surface area contributed by atoms with E-state index in [0.29, 0.717) is 6.42 Å². The zero-order chi connectivity index (χ0) is 19.0. The Balaban J connectivity index is 1.54. The first-order valence-corrected chi connectivity index (χ1v) is 9.58. The lowest BCUT2D eigenvalue weighted by Gasteiger charge is -2.07. The highest BCUT2D eigenvalue weighted by Crippen LogP contribution is 2.31. The van der Waals surface area contributed by atoms with Crippen molar-refractivity contribution in [3.63, 3.8) is 0 Å². The second-order valence-corrected chi connectivity index (χ2v) is 7.60. The van der Waals surface area contributed by atoms with Crippen LogP contribution in [0.25, 0.3) is 20.8 Å². The van der Waals surface area contributed by atoms with Crippen molar-refractivity contribution in [2.45, 2.75) is 20.3 Å². The molecule has 6 heteroatoms. The number of carbonyl (C=O) groups excluding carboxylic acids is 1. The van der Waals surface area contributed by atoms with E-state index in [0.717, 1.165) is 43.4 Å². The van der Waals surface area contributed by atoms with Crippen LogP contribution in [0.4, 0.5) is 5.69 Å². The van der Waals surface area contributed by atoms with Crippen LogP contribution in [-0.4, -0.2) is 20.7 Å². The van der Waals surface area contributed by atoms with Gasteiger partial charge in [-0.1, -0.05) is 24.3 Å². The molecule has 27 heavy (non-hydrogen) atoms. The fourth-order valence-corrected chi connectivity index (χ4v) is 4.13. The molecule has 0 saturated heterocycles. The van der Waals surface area contributed by atoms with Crippen molar-refractivity contribution in [3.05, 3.63) is 65.5 Å². The molecular weight excluding hydrogens is 356 g/mol. The van der Waals surface area contributed by atoms with E-state index >= 15 is 0 Å². The molecule has 0 aliphatic rings. The number of rotatable bonds is 4. The molecule has 0 radical (unpaired) electrons. The third-order valence-electron chi connectivity index (χ3n) is 4.68. The highest BCUT2D eigenvalue weighted by Gasteiger charge is 2.14. The van der Waals surface area contributed by atoms with Crippen LogP contribution < -0.4 is 5.32 Å². The first kappa shape index (κ1) is 17.4. The van der Waals surface area contributed by atoms with Crippen molar-refractivity contribution in [1.29, 1.82) is 0 Å². The summed E-state index contributed by atoms with van der Waals surface area (Å²) in [6.07, 6.45) is 0.316. The number of thiazole rings is 1. The summed E-state index contributed by atoms with van der Waals surface area (Å²) in [6, 6.07) is 15.9. The number of aromatic nitrogens is 3. The van der Waals surface area contributed by atoms with Crippen LogP contribution in [0.1, 0.15) is 17.0 Å². The topological polar surface area (TPSA) is 59.8 Å². The van der Waals surface area contributed by atoms with Crippen molar-refractivity contribution in [3.8, 4) is 10.6 Å². The van der Waals surface area contributed by atoms with Gasteiger partial charge in [0.05, 0.1) is 22.3 Å². The number of para-hydroxylation sites is 1. The first-order valence-electron chi connectivity index (χ1n) is 8.76. The Hall–Kier alpha value is -2.99. The second-order valence-electron chi connectivity index (χ2n) is 6.57. The minimum Gasteiger partial charge on any atom is -0.326 e. The average Bonchev–Trinajstić information content (AvgIpc) is 3.19. The number of nitrogens with zero attached hydrogens (tertiary/aromatic N) is 3. The molecule has 1 N–H and O–H groups in total. The standard InChI is InChI=1S/C21H20N4OS/c1-13-17(14(2)25(3)24-13)12-20(26)22-16-8-6-7-15(11-16)21-23-18-9-4-5-10-19(18)27-21/h4-11H,12H2,1-3H3,(H,22,26). The monoisotopic (exact) mass is 376 g/mol. The van der Waals surface area contributed by atoms with E-state index in [4.69, 9.17) is 4.98 Å². The summed E-state index contributed by atoms with van der Waals surface area (Å²) in [6.45, 7) is 3.92. The Morgan fingerprint density at radius 1 is 1.15 bits per heavy atom. The summed E-state index contributed by atoms with van der Waals surface area (Å²) in [7, 11) is 1.89. The lowest BCUT2D eigenvalue weighted by atomic mass is 10.1. The van der Waals surface area contributed by atoms with E-state index in [1.165, 1.54) is 0 Å². The van der Waals surface area contributed by atoms with Crippen LogP contribution >= 0.6 is 11.3 Å². The maximum Gasteiger partial charge on any atom is 0.228 e. The van der Waals surface area contributed by atoms with Gasteiger partial charge in [-0.2, -0.15) is 5.10 Å². The number of fused-ring (bicyclic) bond motifs is 1. The van der Waals surface area contributed by atoms with Gasteiger partial charge >= 0.3 is 0 Å². The number of carbonyl (C=O) groups is 1. The Labute approximate surface area is 161 Å². The Morgan fingerprint density at radius 2 is 1.96 bits per heavy atom. The van der Waals surface area contributed by atoms with Crippen LogP contribution in [0.15, 0.2) is 48.5 Å². The number of nitrogens with one attached hydrogen (secondary N) is 1. The molecule has 0 bridgehead atoms. The smallest absolute Gasteiger partial charge is 0.228 e. The quantitative estimate of drug-likeness (QED) is 0.571. The molecular formula is C21H20N4OS. The summed E-state index contributed by atoms with van der Waals surface area (Å²) in [5.74, 6) is -0.0457. The summed E-state index contributed by atoms with van der Waals surface area (Å²) < 4.78 is 2.97. The molecule has 2 aromatic heterocycles. The van der Waals surface area contributed by atoms with Crippen LogP contribution in [0.5, 0.6) is 0 Å². The molecule has 136 valence electrons. The zero-order valence-electron chi connectivity index (χ0n) is 15.5. The van der Waals surface area contributed by atoms with Crippen molar-refractivity contribution in [2.75, 3.05) is 5.32 Å². The van der Waals surface area contributed by atoms with Gasteiger partial charge in [-0.25, -0.2) is 4.98 Å². The predicted octanol–water partition coefficient (Wildman–Crippen LogP) is 4.49. The molecule has 0 fully saturated rings. The van der Waals surface area contributed by atoms with Gasteiger partial charge in [0, 0.05) is 29.6 Å². The number of anilines is 1. The highest BCUT2D eigenvalue weighted by atomic mass is 32.1. The third kappa shape index (κ3) is 3.48. The van der Waals surface area contributed by atoms with E-state index in [-0.39, 0.29) is 5.91 Å². The van der Waals surface area contributed by atoms with Gasteiger partial charge in [-0.15, -0.1) is 11.3 Å². The number of amides is 1. The van der Waals surface area contributed by atoms with E-state index in [9.17, 15) is 4.79 Å².